The summed E-state index contributed by atoms with van der Waals surface area (Å²) in [7, 11) is -2.81. The number of methoxy groups -OCH3 is 1. The fourth-order valence-electron chi connectivity index (χ4n) is 4.05. The molecular weight excluding hydrogens is 621 g/mol. The number of halogens is 3. The predicted molar refractivity (Wildman–Crippen MR) is 168 cm³/mol. The quantitative estimate of drug-likeness (QED) is 0.246. The molecule has 2 amide bonds. The van der Waals surface area contributed by atoms with Crippen LogP contribution in [-0.4, -0.2) is 51.4 Å². The number of ether oxygens (including phenoxy) is 1. The van der Waals surface area contributed by atoms with Crippen LogP contribution in [0.5, 0.6) is 5.75 Å². The maximum Gasteiger partial charge on any atom is 0.264 e. The van der Waals surface area contributed by atoms with Crippen molar-refractivity contribution < 1.29 is 22.7 Å². The van der Waals surface area contributed by atoms with Crippen LogP contribution in [0, 0.1) is 12.8 Å². The minimum absolute atomic E-state index is 0.0112. The Morgan fingerprint density at radius 2 is 1.60 bits per heavy atom. The summed E-state index contributed by atoms with van der Waals surface area (Å²) in [4.78, 5) is 28.5. The molecule has 0 aliphatic heterocycles. The third-order valence-electron chi connectivity index (χ3n) is 6.52. The van der Waals surface area contributed by atoms with Crippen molar-refractivity contribution in [2.45, 2.75) is 45.2 Å². The highest BCUT2D eigenvalue weighted by atomic mass is 35.5. The van der Waals surface area contributed by atoms with Gasteiger partial charge in [-0.1, -0.05) is 72.4 Å². The van der Waals surface area contributed by atoms with Gasteiger partial charge >= 0.3 is 0 Å². The monoisotopic (exact) mass is 653 g/mol. The lowest BCUT2D eigenvalue weighted by molar-refractivity contribution is -0.139. The largest absolute Gasteiger partial charge is 0.495 e. The molecule has 0 radical (unpaired) electrons. The average molecular weight is 655 g/mol. The highest BCUT2D eigenvalue weighted by Gasteiger charge is 2.33. The van der Waals surface area contributed by atoms with Crippen molar-refractivity contribution in [2.24, 2.45) is 5.92 Å². The van der Waals surface area contributed by atoms with Crippen LogP contribution in [0.4, 0.5) is 5.69 Å². The number of hydrogen-bond donors (Lipinski definition) is 1. The molecule has 0 aliphatic carbocycles. The first-order valence-electron chi connectivity index (χ1n) is 13.2. The number of benzene rings is 3. The summed E-state index contributed by atoms with van der Waals surface area (Å²) in [5.74, 6) is -0.488. The standard InChI is InChI=1S/C30H34Cl3N3O5S/c1-19(2)16-34-30(38)21(4)35(17-22-8-9-23(31)14-26(22)32)29(37)18-36(24-10-13-28(41-5)27(33)15-24)42(39,40)25-11-6-20(3)7-12-25/h6-15,19,21H,16-18H2,1-5H3,(H,34,38)/t21-/m1/s1. The van der Waals surface area contributed by atoms with E-state index >= 15 is 0 Å². The lowest BCUT2D eigenvalue weighted by Gasteiger charge is -2.32. The van der Waals surface area contributed by atoms with Gasteiger partial charge in [-0.3, -0.25) is 13.9 Å². The molecule has 0 fully saturated rings. The van der Waals surface area contributed by atoms with E-state index < -0.39 is 28.5 Å². The van der Waals surface area contributed by atoms with E-state index in [1.54, 1.807) is 31.2 Å². The molecule has 0 saturated carbocycles. The zero-order valence-corrected chi connectivity index (χ0v) is 27.1. The fourth-order valence-corrected chi connectivity index (χ4v) is 6.17. The summed E-state index contributed by atoms with van der Waals surface area (Å²) in [6.45, 7) is 7.06. The van der Waals surface area contributed by atoms with Crippen molar-refractivity contribution in [3.05, 3.63) is 86.9 Å². The van der Waals surface area contributed by atoms with Gasteiger partial charge in [0.25, 0.3) is 10.0 Å². The molecule has 226 valence electrons. The highest BCUT2D eigenvalue weighted by molar-refractivity contribution is 7.92. The van der Waals surface area contributed by atoms with Crippen LogP contribution in [0.2, 0.25) is 15.1 Å². The van der Waals surface area contributed by atoms with E-state index in [0.29, 0.717) is 27.9 Å². The first kappa shape index (κ1) is 33.5. The number of nitrogens with one attached hydrogen (secondary N) is 1. The second-order valence-electron chi connectivity index (χ2n) is 10.2. The maximum absolute atomic E-state index is 14.0. The number of anilines is 1. The molecule has 0 heterocycles. The Bertz CT molecular complexity index is 1530. The van der Waals surface area contributed by atoms with Crippen molar-refractivity contribution in [1.82, 2.24) is 10.2 Å². The number of hydrogen-bond acceptors (Lipinski definition) is 5. The van der Waals surface area contributed by atoms with Gasteiger partial charge in [-0.25, -0.2) is 8.42 Å². The van der Waals surface area contributed by atoms with Crippen molar-refractivity contribution in [3.8, 4) is 5.75 Å². The second kappa shape index (κ2) is 14.5. The number of nitrogens with zero attached hydrogens (tertiary/aromatic N) is 2. The number of rotatable bonds is 12. The second-order valence-corrected chi connectivity index (χ2v) is 13.3. The molecule has 0 bridgehead atoms. The Balaban J connectivity index is 2.07. The van der Waals surface area contributed by atoms with E-state index in [-0.39, 0.29) is 34.0 Å². The van der Waals surface area contributed by atoms with Crippen LogP contribution >= 0.6 is 34.8 Å². The van der Waals surface area contributed by atoms with Crippen LogP contribution in [0.3, 0.4) is 0 Å². The minimum atomic E-state index is -4.25. The smallest absolute Gasteiger partial charge is 0.264 e. The number of amides is 2. The molecule has 0 aromatic heterocycles. The molecule has 0 aliphatic rings. The third kappa shape index (κ3) is 8.31. The molecule has 0 saturated heterocycles. The Morgan fingerprint density at radius 3 is 2.17 bits per heavy atom. The van der Waals surface area contributed by atoms with Crippen molar-refractivity contribution in [2.75, 3.05) is 24.5 Å². The maximum atomic E-state index is 14.0. The zero-order chi connectivity index (χ0) is 31.2. The van der Waals surface area contributed by atoms with Crippen LogP contribution in [-0.2, 0) is 26.2 Å². The zero-order valence-electron chi connectivity index (χ0n) is 24.0. The normalized spacial score (nSPS) is 12.1. The molecule has 42 heavy (non-hydrogen) atoms. The molecule has 0 unspecified atom stereocenters. The topological polar surface area (TPSA) is 96.0 Å². The summed E-state index contributed by atoms with van der Waals surface area (Å²) >= 11 is 18.8. The van der Waals surface area contributed by atoms with E-state index in [2.05, 4.69) is 5.32 Å². The SMILES string of the molecule is COc1ccc(N(CC(=O)N(Cc2ccc(Cl)cc2Cl)[C@H](C)C(=O)NCC(C)C)S(=O)(=O)c2ccc(C)cc2)cc1Cl. The van der Waals surface area contributed by atoms with Gasteiger partial charge in [0.2, 0.25) is 11.8 Å². The van der Waals surface area contributed by atoms with Crippen LogP contribution in [0.15, 0.2) is 65.6 Å². The van der Waals surface area contributed by atoms with Gasteiger partial charge in [-0.2, -0.15) is 0 Å². The number of sulfonamides is 1. The van der Waals surface area contributed by atoms with Crippen LogP contribution < -0.4 is 14.4 Å². The Labute approximate surface area is 262 Å². The number of aryl methyl sites for hydroxylation is 1. The molecule has 0 spiro atoms. The van der Waals surface area contributed by atoms with E-state index in [9.17, 15) is 18.0 Å². The first-order chi connectivity index (χ1) is 19.7. The Hall–Kier alpha value is -2.98. The number of carbonyl (C=O) groups excluding carboxylic acids is 2. The van der Waals surface area contributed by atoms with E-state index in [4.69, 9.17) is 39.5 Å². The van der Waals surface area contributed by atoms with Crippen LogP contribution in [0.1, 0.15) is 31.9 Å². The lowest BCUT2D eigenvalue weighted by Crippen LogP contribution is -2.51. The van der Waals surface area contributed by atoms with Gasteiger partial charge < -0.3 is 15.0 Å². The van der Waals surface area contributed by atoms with E-state index in [1.807, 2.05) is 20.8 Å². The molecular formula is C30H34Cl3N3O5S. The average Bonchev–Trinajstić information content (AvgIpc) is 2.93. The van der Waals surface area contributed by atoms with Gasteiger partial charge in [0.05, 0.1) is 22.7 Å². The van der Waals surface area contributed by atoms with Crippen LogP contribution in [0.25, 0.3) is 0 Å². The van der Waals surface area contributed by atoms with E-state index in [0.717, 1.165) is 9.87 Å². The lowest BCUT2D eigenvalue weighted by atomic mass is 10.1. The summed E-state index contributed by atoms with van der Waals surface area (Å²) < 4.78 is 34.1. The predicted octanol–water partition coefficient (Wildman–Crippen LogP) is 6.35. The fraction of sp³-hybridized carbons (Fsp3) is 0.333. The van der Waals surface area contributed by atoms with E-state index in [1.165, 1.54) is 48.4 Å². The summed E-state index contributed by atoms with van der Waals surface area (Å²) in [6, 6.07) is 14.6. The minimum Gasteiger partial charge on any atom is -0.495 e. The molecule has 1 N–H and O–H groups in total. The first-order valence-corrected chi connectivity index (χ1v) is 15.8. The molecule has 12 heteroatoms. The third-order valence-corrected chi connectivity index (χ3v) is 9.19. The van der Waals surface area contributed by atoms with Crippen molar-refractivity contribution in [1.29, 1.82) is 0 Å². The molecule has 1 atom stereocenters. The van der Waals surface area contributed by atoms with Crippen molar-refractivity contribution >= 4 is 62.3 Å². The van der Waals surface area contributed by atoms with Gasteiger partial charge in [0, 0.05) is 23.1 Å². The molecule has 3 aromatic carbocycles. The van der Waals surface area contributed by atoms with Gasteiger partial charge in [0.1, 0.15) is 18.3 Å². The van der Waals surface area contributed by atoms with Gasteiger partial charge in [-0.15, -0.1) is 0 Å². The summed E-state index contributed by atoms with van der Waals surface area (Å²) in [6.07, 6.45) is 0. The van der Waals surface area contributed by atoms with Crippen molar-refractivity contribution in [3.63, 3.8) is 0 Å². The summed E-state index contributed by atoms with van der Waals surface area (Å²) in [5, 5.41) is 3.73. The Morgan fingerprint density at radius 1 is 0.929 bits per heavy atom. The Kier molecular flexibility index (Phi) is 11.5. The molecule has 8 nitrogen and oxygen atoms in total. The molecule has 3 aromatic rings. The van der Waals surface area contributed by atoms with Gasteiger partial charge in [-0.05, 0) is 67.8 Å². The molecule has 3 rings (SSSR count). The summed E-state index contributed by atoms with van der Waals surface area (Å²) in [5.41, 5.74) is 1.56. The number of carbonyl (C=O) groups is 2. The highest BCUT2D eigenvalue weighted by Crippen LogP contribution is 2.32. The van der Waals surface area contributed by atoms with Gasteiger partial charge in [0.15, 0.2) is 0 Å².